The first kappa shape index (κ1) is 11.6. The Labute approximate surface area is 109 Å². The summed E-state index contributed by atoms with van der Waals surface area (Å²) in [6, 6.07) is 7.36. The van der Waals surface area contributed by atoms with Gasteiger partial charge in [-0.15, -0.1) is 0 Å². The number of aromatic amines is 1. The normalized spacial score (nSPS) is 19.5. The second-order valence-electron chi connectivity index (χ2n) is 4.69. The van der Waals surface area contributed by atoms with E-state index in [0.29, 0.717) is 18.5 Å². The van der Waals surface area contributed by atoms with Crippen LogP contribution in [0.1, 0.15) is 34.8 Å². The molecule has 0 radical (unpaired) electrons. The standard InChI is InChI=1S/C14H12N2O3/c17-7-10-5-9-2-1-8(6-12(9)15-10)11-3-4-13(18)16-14(11)19/h1-2,5-7,11,15H,3-4H2,(H,16,18,19). The first-order valence-electron chi connectivity index (χ1n) is 6.09. The smallest absolute Gasteiger partial charge is 0.234 e. The van der Waals surface area contributed by atoms with Crippen LogP contribution in [0.3, 0.4) is 0 Å². The average Bonchev–Trinajstić information content (AvgIpc) is 2.80. The fraction of sp³-hybridized carbons (Fsp3) is 0.214. The van der Waals surface area contributed by atoms with E-state index in [2.05, 4.69) is 10.3 Å². The van der Waals surface area contributed by atoms with E-state index >= 15 is 0 Å². The van der Waals surface area contributed by atoms with Gasteiger partial charge in [0, 0.05) is 17.3 Å². The van der Waals surface area contributed by atoms with Gasteiger partial charge in [0.25, 0.3) is 0 Å². The van der Waals surface area contributed by atoms with Crippen LogP contribution in [0.4, 0.5) is 0 Å². The number of carbonyl (C=O) groups is 3. The minimum absolute atomic E-state index is 0.217. The highest BCUT2D eigenvalue weighted by Gasteiger charge is 2.27. The highest BCUT2D eigenvalue weighted by Crippen LogP contribution is 2.27. The lowest BCUT2D eigenvalue weighted by Gasteiger charge is -2.21. The van der Waals surface area contributed by atoms with Gasteiger partial charge in [0.05, 0.1) is 11.6 Å². The predicted molar refractivity (Wildman–Crippen MR) is 68.8 cm³/mol. The number of H-pyrrole nitrogens is 1. The van der Waals surface area contributed by atoms with Gasteiger partial charge in [-0.1, -0.05) is 12.1 Å². The van der Waals surface area contributed by atoms with E-state index in [4.69, 9.17) is 0 Å². The van der Waals surface area contributed by atoms with E-state index in [1.165, 1.54) is 0 Å². The van der Waals surface area contributed by atoms with Crippen molar-refractivity contribution in [2.45, 2.75) is 18.8 Å². The molecule has 0 saturated carbocycles. The zero-order valence-corrected chi connectivity index (χ0v) is 10.1. The maximum absolute atomic E-state index is 11.8. The van der Waals surface area contributed by atoms with Gasteiger partial charge in [-0.05, 0) is 24.1 Å². The van der Waals surface area contributed by atoms with Crippen molar-refractivity contribution >= 4 is 29.0 Å². The van der Waals surface area contributed by atoms with Crippen molar-refractivity contribution in [2.75, 3.05) is 0 Å². The fourth-order valence-electron chi connectivity index (χ4n) is 2.46. The summed E-state index contributed by atoms with van der Waals surface area (Å²) in [5.41, 5.74) is 2.19. The van der Waals surface area contributed by atoms with Crippen molar-refractivity contribution in [1.82, 2.24) is 10.3 Å². The lowest BCUT2D eigenvalue weighted by atomic mass is 9.90. The highest BCUT2D eigenvalue weighted by molar-refractivity contribution is 6.01. The van der Waals surface area contributed by atoms with E-state index in [1.807, 2.05) is 18.2 Å². The molecule has 3 rings (SSSR count). The Morgan fingerprint density at radius 3 is 2.79 bits per heavy atom. The van der Waals surface area contributed by atoms with Crippen LogP contribution in [0.2, 0.25) is 0 Å². The maximum atomic E-state index is 11.8. The van der Waals surface area contributed by atoms with E-state index in [9.17, 15) is 14.4 Å². The molecule has 2 amide bonds. The molecule has 1 aromatic carbocycles. The molecule has 1 aromatic heterocycles. The third kappa shape index (κ3) is 2.03. The Kier molecular flexibility index (Phi) is 2.67. The molecular weight excluding hydrogens is 244 g/mol. The number of aldehydes is 1. The summed E-state index contributed by atoms with van der Waals surface area (Å²) >= 11 is 0. The number of fused-ring (bicyclic) bond motifs is 1. The number of benzene rings is 1. The third-order valence-electron chi connectivity index (χ3n) is 3.44. The van der Waals surface area contributed by atoms with Crippen LogP contribution >= 0.6 is 0 Å². The molecule has 1 atom stereocenters. The molecule has 1 aliphatic rings. The van der Waals surface area contributed by atoms with Crippen LogP contribution in [-0.2, 0) is 9.59 Å². The van der Waals surface area contributed by atoms with Crippen molar-refractivity contribution in [1.29, 1.82) is 0 Å². The quantitative estimate of drug-likeness (QED) is 0.631. The van der Waals surface area contributed by atoms with E-state index in [1.54, 1.807) is 6.07 Å². The molecule has 19 heavy (non-hydrogen) atoms. The van der Waals surface area contributed by atoms with Gasteiger partial charge in [-0.25, -0.2) is 0 Å². The molecule has 1 fully saturated rings. The minimum atomic E-state index is -0.301. The number of hydrogen-bond acceptors (Lipinski definition) is 3. The first-order valence-corrected chi connectivity index (χ1v) is 6.09. The number of nitrogens with one attached hydrogen (secondary N) is 2. The van der Waals surface area contributed by atoms with Gasteiger partial charge >= 0.3 is 0 Å². The lowest BCUT2D eigenvalue weighted by molar-refractivity contribution is -0.134. The van der Waals surface area contributed by atoms with Gasteiger partial charge in [-0.3, -0.25) is 19.7 Å². The maximum Gasteiger partial charge on any atom is 0.234 e. The van der Waals surface area contributed by atoms with Gasteiger partial charge in [0.1, 0.15) is 0 Å². The molecule has 96 valence electrons. The molecule has 1 unspecified atom stereocenters. The fourth-order valence-corrected chi connectivity index (χ4v) is 2.46. The predicted octanol–water partition coefficient (Wildman–Crippen LogP) is 1.50. The summed E-state index contributed by atoms with van der Waals surface area (Å²) in [5.74, 6) is -0.770. The summed E-state index contributed by atoms with van der Waals surface area (Å²) in [4.78, 5) is 36.6. The van der Waals surface area contributed by atoms with Crippen LogP contribution in [0.15, 0.2) is 24.3 Å². The van der Waals surface area contributed by atoms with Crippen LogP contribution in [0.25, 0.3) is 10.9 Å². The lowest BCUT2D eigenvalue weighted by Crippen LogP contribution is -2.39. The van der Waals surface area contributed by atoms with E-state index in [-0.39, 0.29) is 17.7 Å². The summed E-state index contributed by atoms with van der Waals surface area (Å²) in [6.07, 6.45) is 1.64. The van der Waals surface area contributed by atoms with Crippen molar-refractivity contribution in [3.05, 3.63) is 35.5 Å². The van der Waals surface area contributed by atoms with Crippen LogP contribution in [0, 0.1) is 0 Å². The first-order chi connectivity index (χ1) is 9.17. The number of aromatic nitrogens is 1. The minimum Gasteiger partial charge on any atom is -0.352 e. The van der Waals surface area contributed by atoms with Crippen molar-refractivity contribution in [3.63, 3.8) is 0 Å². The summed E-state index contributed by atoms with van der Waals surface area (Å²) < 4.78 is 0. The Morgan fingerprint density at radius 1 is 1.21 bits per heavy atom. The van der Waals surface area contributed by atoms with E-state index in [0.717, 1.165) is 22.8 Å². The number of rotatable bonds is 2. The van der Waals surface area contributed by atoms with Gasteiger partial charge < -0.3 is 4.98 Å². The number of imide groups is 1. The SMILES string of the molecule is O=Cc1cc2ccc(C3CCC(=O)NC3=O)cc2[nH]1. The molecule has 2 N–H and O–H groups in total. The average molecular weight is 256 g/mol. The number of carbonyl (C=O) groups excluding carboxylic acids is 3. The van der Waals surface area contributed by atoms with Crippen LogP contribution in [-0.4, -0.2) is 23.1 Å². The Balaban J connectivity index is 1.98. The van der Waals surface area contributed by atoms with Gasteiger partial charge in [-0.2, -0.15) is 0 Å². The molecule has 2 aromatic rings. The summed E-state index contributed by atoms with van der Waals surface area (Å²) in [5, 5.41) is 3.28. The van der Waals surface area contributed by atoms with Crippen molar-refractivity contribution < 1.29 is 14.4 Å². The van der Waals surface area contributed by atoms with Gasteiger partial charge in [0.2, 0.25) is 11.8 Å². The molecule has 0 bridgehead atoms. The molecule has 5 heteroatoms. The Morgan fingerprint density at radius 2 is 2.05 bits per heavy atom. The Bertz CT molecular complexity index is 687. The topological polar surface area (TPSA) is 79.0 Å². The van der Waals surface area contributed by atoms with Gasteiger partial charge in [0.15, 0.2) is 6.29 Å². The highest BCUT2D eigenvalue weighted by atomic mass is 16.2. The number of amides is 2. The number of piperidine rings is 1. The molecular formula is C14H12N2O3. The van der Waals surface area contributed by atoms with Crippen molar-refractivity contribution in [2.24, 2.45) is 0 Å². The summed E-state index contributed by atoms with van der Waals surface area (Å²) in [7, 11) is 0. The van der Waals surface area contributed by atoms with Crippen molar-refractivity contribution in [3.8, 4) is 0 Å². The zero-order chi connectivity index (χ0) is 13.4. The molecule has 1 saturated heterocycles. The molecule has 5 nitrogen and oxygen atoms in total. The zero-order valence-electron chi connectivity index (χ0n) is 10.1. The van der Waals surface area contributed by atoms with E-state index < -0.39 is 0 Å². The van der Waals surface area contributed by atoms with Crippen LogP contribution < -0.4 is 5.32 Å². The largest absolute Gasteiger partial charge is 0.352 e. The molecule has 0 spiro atoms. The number of hydrogen-bond donors (Lipinski definition) is 2. The second-order valence-corrected chi connectivity index (χ2v) is 4.69. The summed E-state index contributed by atoms with van der Waals surface area (Å²) in [6.45, 7) is 0. The molecule has 0 aliphatic carbocycles. The van der Waals surface area contributed by atoms with Crippen LogP contribution in [0.5, 0.6) is 0 Å². The second kappa shape index (κ2) is 4.35. The third-order valence-corrected chi connectivity index (χ3v) is 3.44. The monoisotopic (exact) mass is 256 g/mol. The molecule has 2 heterocycles. The Hall–Kier alpha value is -2.43. The molecule has 1 aliphatic heterocycles.